The van der Waals surface area contributed by atoms with E-state index in [1.807, 2.05) is 0 Å². The number of nitrogens with one attached hydrogen (secondary N) is 1. The van der Waals surface area contributed by atoms with E-state index in [9.17, 15) is 9.59 Å². The van der Waals surface area contributed by atoms with E-state index in [0.29, 0.717) is 11.5 Å². The molecule has 1 amide bonds. The summed E-state index contributed by atoms with van der Waals surface area (Å²) in [6, 6.07) is 3.03. The van der Waals surface area contributed by atoms with Gasteiger partial charge in [-0.05, 0) is 19.1 Å². The zero-order chi connectivity index (χ0) is 15.3. The molecule has 3 N–H and O–H groups in total. The van der Waals surface area contributed by atoms with Crippen molar-refractivity contribution in [2.24, 2.45) is 0 Å². The largest absolute Gasteiger partial charge is 0.496 e. The Hall–Kier alpha value is -2.28. The highest BCUT2D eigenvalue weighted by Gasteiger charge is 2.17. The third-order valence-electron chi connectivity index (χ3n) is 2.76. The number of aliphatic hydroxyl groups excluding tert-OH is 1. The topological polar surface area (TPSA) is 105 Å². The Labute approximate surface area is 116 Å². The molecule has 0 radical (unpaired) electrons. The lowest BCUT2D eigenvalue weighted by molar-refractivity contribution is -0.146. The molecule has 0 spiro atoms. The molecule has 0 aliphatic rings. The first kappa shape index (κ1) is 15.8. The Morgan fingerprint density at radius 1 is 1.25 bits per heavy atom. The van der Waals surface area contributed by atoms with E-state index < -0.39 is 18.0 Å². The van der Waals surface area contributed by atoms with Crippen LogP contribution in [0.15, 0.2) is 12.1 Å². The van der Waals surface area contributed by atoms with E-state index in [2.05, 4.69) is 5.32 Å². The molecule has 0 saturated heterocycles. The van der Waals surface area contributed by atoms with Crippen molar-refractivity contribution >= 4 is 11.9 Å². The third kappa shape index (κ3) is 3.61. The van der Waals surface area contributed by atoms with Gasteiger partial charge in [0.1, 0.15) is 11.5 Å². The molecule has 7 heteroatoms. The molecular formula is C13H17NO6. The van der Waals surface area contributed by atoms with Gasteiger partial charge in [0.2, 0.25) is 0 Å². The second-order valence-corrected chi connectivity index (χ2v) is 4.07. The van der Waals surface area contributed by atoms with Gasteiger partial charge in [-0.15, -0.1) is 0 Å². The molecule has 1 atom stereocenters. The summed E-state index contributed by atoms with van der Waals surface area (Å²) in [6.07, 6.45) is -1.65. The van der Waals surface area contributed by atoms with Crippen molar-refractivity contribution in [1.82, 2.24) is 5.32 Å². The summed E-state index contributed by atoms with van der Waals surface area (Å²) in [6.45, 7) is 1.40. The van der Waals surface area contributed by atoms with Crippen LogP contribution in [0, 0.1) is 6.92 Å². The number of rotatable bonds is 6. The number of hydrogen-bond acceptors (Lipinski definition) is 5. The number of aliphatic carboxylic acids is 1. The Balaban J connectivity index is 2.90. The monoisotopic (exact) mass is 283 g/mol. The van der Waals surface area contributed by atoms with Gasteiger partial charge in [-0.25, -0.2) is 4.79 Å². The van der Waals surface area contributed by atoms with Gasteiger partial charge in [-0.3, -0.25) is 4.79 Å². The fraction of sp³-hybridized carbons (Fsp3) is 0.385. The van der Waals surface area contributed by atoms with Crippen LogP contribution in [-0.4, -0.2) is 49.0 Å². The molecule has 0 heterocycles. The number of carbonyl (C=O) groups is 2. The van der Waals surface area contributed by atoms with Crippen molar-refractivity contribution in [3.63, 3.8) is 0 Å². The third-order valence-corrected chi connectivity index (χ3v) is 2.76. The van der Waals surface area contributed by atoms with Crippen molar-refractivity contribution in [1.29, 1.82) is 0 Å². The lowest BCUT2D eigenvalue weighted by Gasteiger charge is -2.13. The standard InChI is InChI=1S/C13H17NO6/c1-7-10(19-2)4-8(5-11(7)20-3)12(16)14-6-9(15)13(17)18/h4-5,9,15H,6H2,1-3H3,(H,14,16)(H,17,18). The number of carbonyl (C=O) groups excluding carboxylic acids is 1. The van der Waals surface area contributed by atoms with E-state index >= 15 is 0 Å². The number of ether oxygens (including phenoxy) is 2. The highest BCUT2D eigenvalue weighted by atomic mass is 16.5. The quantitative estimate of drug-likeness (QED) is 0.688. The summed E-state index contributed by atoms with van der Waals surface area (Å²) in [5.74, 6) is -0.965. The van der Waals surface area contributed by atoms with Gasteiger partial charge < -0.3 is 25.0 Å². The SMILES string of the molecule is COc1cc(C(=O)NCC(O)C(=O)O)cc(OC)c1C. The second kappa shape index (κ2) is 6.76. The van der Waals surface area contributed by atoms with Gasteiger partial charge >= 0.3 is 5.97 Å². The summed E-state index contributed by atoms with van der Waals surface area (Å²) >= 11 is 0. The number of carboxylic acid groups (broad SMARTS) is 1. The van der Waals surface area contributed by atoms with Crippen LogP contribution in [0.1, 0.15) is 15.9 Å². The molecule has 1 aromatic carbocycles. The predicted molar refractivity (Wildman–Crippen MR) is 70.3 cm³/mol. The molecule has 0 fully saturated rings. The fourth-order valence-corrected chi connectivity index (χ4v) is 1.60. The first-order chi connectivity index (χ1) is 9.40. The number of aliphatic hydroxyl groups is 1. The Morgan fingerprint density at radius 3 is 2.15 bits per heavy atom. The molecule has 1 rings (SSSR count). The molecule has 0 aromatic heterocycles. The van der Waals surface area contributed by atoms with E-state index in [0.717, 1.165) is 5.56 Å². The van der Waals surface area contributed by atoms with Crippen molar-refractivity contribution < 1.29 is 29.3 Å². The van der Waals surface area contributed by atoms with E-state index in [4.69, 9.17) is 19.7 Å². The van der Waals surface area contributed by atoms with Crippen LogP contribution in [0.25, 0.3) is 0 Å². The minimum atomic E-state index is -1.65. The first-order valence-corrected chi connectivity index (χ1v) is 5.82. The normalized spacial score (nSPS) is 11.6. The molecule has 20 heavy (non-hydrogen) atoms. The van der Waals surface area contributed by atoms with Gasteiger partial charge in [0.15, 0.2) is 6.10 Å². The van der Waals surface area contributed by atoms with Gasteiger partial charge in [-0.2, -0.15) is 0 Å². The summed E-state index contributed by atoms with van der Waals surface area (Å²) < 4.78 is 10.3. The zero-order valence-corrected chi connectivity index (χ0v) is 11.5. The van der Waals surface area contributed by atoms with Crippen LogP contribution >= 0.6 is 0 Å². The second-order valence-electron chi connectivity index (χ2n) is 4.07. The molecule has 110 valence electrons. The minimum absolute atomic E-state index is 0.252. The number of benzene rings is 1. The Bertz CT molecular complexity index is 489. The average molecular weight is 283 g/mol. The summed E-state index contributed by atoms with van der Waals surface area (Å²) in [5.41, 5.74) is 0.999. The van der Waals surface area contributed by atoms with Crippen molar-refractivity contribution in [2.75, 3.05) is 20.8 Å². The molecule has 7 nitrogen and oxygen atoms in total. The number of methoxy groups -OCH3 is 2. The maximum absolute atomic E-state index is 11.9. The van der Waals surface area contributed by atoms with Crippen LogP contribution in [0.4, 0.5) is 0 Å². The van der Waals surface area contributed by atoms with Gasteiger partial charge in [0, 0.05) is 11.1 Å². The van der Waals surface area contributed by atoms with Crippen molar-refractivity contribution in [3.8, 4) is 11.5 Å². The molecule has 1 aromatic rings. The highest BCUT2D eigenvalue weighted by Crippen LogP contribution is 2.29. The Kier molecular flexibility index (Phi) is 5.33. The summed E-state index contributed by atoms with van der Waals surface area (Å²) in [5, 5.41) is 20.0. The molecular weight excluding hydrogens is 266 g/mol. The van der Waals surface area contributed by atoms with Crippen LogP contribution < -0.4 is 14.8 Å². The fourth-order valence-electron chi connectivity index (χ4n) is 1.60. The lowest BCUT2D eigenvalue weighted by Crippen LogP contribution is -2.36. The smallest absolute Gasteiger partial charge is 0.334 e. The summed E-state index contributed by atoms with van der Waals surface area (Å²) in [7, 11) is 2.94. The van der Waals surface area contributed by atoms with E-state index in [-0.39, 0.29) is 12.1 Å². The van der Waals surface area contributed by atoms with Crippen LogP contribution in [0.5, 0.6) is 11.5 Å². The first-order valence-electron chi connectivity index (χ1n) is 5.82. The Morgan fingerprint density at radius 2 is 1.75 bits per heavy atom. The van der Waals surface area contributed by atoms with Crippen LogP contribution in [-0.2, 0) is 4.79 Å². The van der Waals surface area contributed by atoms with E-state index in [1.54, 1.807) is 6.92 Å². The average Bonchev–Trinajstić information content (AvgIpc) is 2.44. The summed E-state index contributed by atoms with van der Waals surface area (Å²) in [4.78, 5) is 22.3. The maximum atomic E-state index is 11.9. The minimum Gasteiger partial charge on any atom is -0.496 e. The van der Waals surface area contributed by atoms with E-state index in [1.165, 1.54) is 26.4 Å². The molecule has 0 saturated carbocycles. The molecule has 0 aliphatic carbocycles. The number of amides is 1. The van der Waals surface area contributed by atoms with Crippen LogP contribution in [0.3, 0.4) is 0 Å². The number of hydrogen-bond donors (Lipinski definition) is 3. The zero-order valence-electron chi connectivity index (χ0n) is 11.5. The maximum Gasteiger partial charge on any atom is 0.334 e. The van der Waals surface area contributed by atoms with Gasteiger partial charge in [0.25, 0.3) is 5.91 Å². The van der Waals surface area contributed by atoms with Crippen LogP contribution in [0.2, 0.25) is 0 Å². The number of carboxylic acids is 1. The van der Waals surface area contributed by atoms with Gasteiger partial charge in [-0.1, -0.05) is 0 Å². The van der Waals surface area contributed by atoms with Crippen molar-refractivity contribution in [3.05, 3.63) is 23.3 Å². The highest BCUT2D eigenvalue weighted by molar-refractivity contribution is 5.95. The molecule has 0 bridgehead atoms. The molecule has 0 aliphatic heterocycles. The predicted octanol–water partition coefficient (Wildman–Crippen LogP) is 0.188. The van der Waals surface area contributed by atoms with Crippen molar-refractivity contribution in [2.45, 2.75) is 13.0 Å². The van der Waals surface area contributed by atoms with Gasteiger partial charge in [0.05, 0.1) is 20.8 Å². The molecule has 1 unspecified atom stereocenters. The lowest BCUT2D eigenvalue weighted by atomic mass is 10.1.